The van der Waals surface area contributed by atoms with Gasteiger partial charge in [0.05, 0.1) is 18.9 Å². The van der Waals surface area contributed by atoms with Gasteiger partial charge in [0.25, 0.3) is 5.91 Å². The summed E-state index contributed by atoms with van der Waals surface area (Å²) >= 11 is 5.88. The van der Waals surface area contributed by atoms with Crippen molar-refractivity contribution < 1.29 is 19.1 Å². The van der Waals surface area contributed by atoms with Crippen LogP contribution in [0.2, 0.25) is 5.02 Å². The molecule has 0 aliphatic rings. The third-order valence-corrected chi connectivity index (χ3v) is 4.10. The molecule has 3 aromatic rings. The van der Waals surface area contributed by atoms with E-state index in [4.69, 9.17) is 21.1 Å². The van der Waals surface area contributed by atoms with Crippen molar-refractivity contribution in [2.45, 2.75) is 0 Å². The molecule has 29 heavy (non-hydrogen) atoms. The Morgan fingerprint density at radius 1 is 0.931 bits per heavy atom. The van der Waals surface area contributed by atoms with E-state index in [1.54, 1.807) is 66.7 Å². The smallest absolute Gasteiger partial charge is 0.343 e. The summed E-state index contributed by atoms with van der Waals surface area (Å²) in [7, 11) is 1.53. The number of methoxy groups -OCH3 is 1. The fourth-order valence-corrected chi connectivity index (χ4v) is 2.59. The van der Waals surface area contributed by atoms with Crippen LogP contribution in [0, 0.1) is 0 Å². The Balaban J connectivity index is 1.57. The van der Waals surface area contributed by atoms with E-state index in [9.17, 15) is 9.59 Å². The van der Waals surface area contributed by atoms with E-state index < -0.39 is 5.97 Å². The van der Waals surface area contributed by atoms with Crippen LogP contribution in [0.15, 0.2) is 77.9 Å². The normalized spacial score (nSPS) is 10.6. The van der Waals surface area contributed by atoms with Crippen molar-refractivity contribution in [3.05, 3.63) is 94.5 Å². The maximum atomic E-state index is 12.1. The number of ether oxygens (including phenoxy) is 2. The van der Waals surface area contributed by atoms with Crippen LogP contribution in [-0.4, -0.2) is 25.2 Å². The van der Waals surface area contributed by atoms with Crippen LogP contribution < -0.4 is 14.9 Å². The van der Waals surface area contributed by atoms with Crippen molar-refractivity contribution in [1.82, 2.24) is 5.43 Å². The van der Waals surface area contributed by atoms with Crippen LogP contribution >= 0.6 is 11.6 Å². The molecule has 1 amide bonds. The quantitative estimate of drug-likeness (QED) is 0.285. The molecule has 1 N–H and O–H groups in total. The van der Waals surface area contributed by atoms with Gasteiger partial charge in [-0.15, -0.1) is 0 Å². The van der Waals surface area contributed by atoms with Gasteiger partial charge in [0, 0.05) is 10.6 Å². The molecule has 0 bridgehead atoms. The average molecular weight is 409 g/mol. The molecule has 0 aliphatic heterocycles. The molecule has 146 valence electrons. The molecular weight excluding hydrogens is 392 g/mol. The van der Waals surface area contributed by atoms with E-state index in [1.165, 1.54) is 19.4 Å². The highest BCUT2D eigenvalue weighted by Gasteiger charge is 2.09. The van der Waals surface area contributed by atoms with Crippen LogP contribution in [0.1, 0.15) is 26.3 Å². The summed E-state index contributed by atoms with van der Waals surface area (Å²) in [6.45, 7) is 0. The molecule has 0 heterocycles. The molecule has 0 unspecified atom stereocenters. The van der Waals surface area contributed by atoms with Crippen molar-refractivity contribution in [2.75, 3.05) is 7.11 Å². The van der Waals surface area contributed by atoms with Gasteiger partial charge in [-0.2, -0.15) is 5.10 Å². The summed E-state index contributed by atoms with van der Waals surface area (Å²) in [6.07, 6.45) is 1.49. The number of benzene rings is 3. The van der Waals surface area contributed by atoms with Gasteiger partial charge in [-0.25, -0.2) is 10.2 Å². The SMILES string of the molecule is COc1cccc(C(=O)N/N=C\c2ccc(OC(=O)c3cccc(Cl)c3)cc2)c1. The zero-order valence-electron chi connectivity index (χ0n) is 15.5. The number of nitrogens with zero attached hydrogens (tertiary/aromatic N) is 1. The number of halogens is 1. The summed E-state index contributed by atoms with van der Waals surface area (Å²) < 4.78 is 10.4. The van der Waals surface area contributed by atoms with E-state index in [1.807, 2.05) is 0 Å². The van der Waals surface area contributed by atoms with Crippen molar-refractivity contribution in [2.24, 2.45) is 5.10 Å². The van der Waals surface area contributed by atoms with Crippen LogP contribution in [0.3, 0.4) is 0 Å². The van der Waals surface area contributed by atoms with Gasteiger partial charge in [0.15, 0.2) is 0 Å². The maximum absolute atomic E-state index is 12.1. The van der Waals surface area contributed by atoms with Gasteiger partial charge < -0.3 is 9.47 Å². The Hall–Kier alpha value is -3.64. The molecule has 6 nitrogen and oxygen atoms in total. The van der Waals surface area contributed by atoms with Crippen molar-refractivity contribution >= 4 is 29.7 Å². The Morgan fingerprint density at radius 2 is 1.66 bits per heavy atom. The van der Waals surface area contributed by atoms with E-state index >= 15 is 0 Å². The first-order valence-corrected chi connectivity index (χ1v) is 8.98. The summed E-state index contributed by atoms with van der Waals surface area (Å²) in [5, 5.41) is 4.39. The topological polar surface area (TPSA) is 77.0 Å². The van der Waals surface area contributed by atoms with E-state index in [-0.39, 0.29) is 5.91 Å². The molecule has 0 saturated heterocycles. The standard InChI is InChI=1S/C22H17ClN2O4/c1-28-20-7-3-4-16(13-20)21(26)25-24-14-15-8-10-19(11-9-15)29-22(27)17-5-2-6-18(23)12-17/h2-14H,1H3,(H,25,26)/b24-14-. The number of esters is 1. The highest BCUT2D eigenvalue weighted by atomic mass is 35.5. The predicted molar refractivity (Wildman–Crippen MR) is 111 cm³/mol. The second kappa shape index (κ2) is 9.52. The summed E-state index contributed by atoms with van der Waals surface area (Å²) in [5.41, 5.74) is 3.97. The largest absolute Gasteiger partial charge is 0.497 e. The number of carbonyl (C=O) groups is 2. The van der Waals surface area contributed by atoms with Crippen LogP contribution in [0.4, 0.5) is 0 Å². The predicted octanol–water partition coefficient (Wildman–Crippen LogP) is 4.33. The third-order valence-electron chi connectivity index (χ3n) is 3.86. The van der Waals surface area contributed by atoms with Gasteiger partial charge in [-0.05, 0) is 66.2 Å². The number of hydrogen-bond donors (Lipinski definition) is 1. The fourth-order valence-electron chi connectivity index (χ4n) is 2.40. The Kier molecular flexibility index (Phi) is 6.60. The van der Waals surface area contributed by atoms with Crippen LogP contribution in [-0.2, 0) is 0 Å². The Bertz CT molecular complexity index is 1050. The van der Waals surface area contributed by atoms with Gasteiger partial charge in [-0.1, -0.05) is 23.7 Å². The lowest BCUT2D eigenvalue weighted by Crippen LogP contribution is -2.17. The average Bonchev–Trinajstić information content (AvgIpc) is 2.75. The van der Waals surface area contributed by atoms with Gasteiger partial charge in [0.2, 0.25) is 0 Å². The molecule has 0 atom stereocenters. The Labute approximate surface area is 172 Å². The first-order valence-electron chi connectivity index (χ1n) is 8.60. The fraction of sp³-hybridized carbons (Fsp3) is 0.0455. The maximum Gasteiger partial charge on any atom is 0.343 e. The Morgan fingerprint density at radius 3 is 2.38 bits per heavy atom. The lowest BCUT2D eigenvalue weighted by molar-refractivity contribution is 0.0734. The number of carbonyl (C=O) groups excluding carboxylic acids is 2. The molecule has 7 heteroatoms. The molecule has 3 aromatic carbocycles. The zero-order chi connectivity index (χ0) is 20.6. The van der Waals surface area contributed by atoms with E-state index in [2.05, 4.69) is 10.5 Å². The van der Waals surface area contributed by atoms with Crippen LogP contribution in [0.25, 0.3) is 0 Å². The second-order valence-corrected chi connectivity index (χ2v) is 6.34. The highest BCUT2D eigenvalue weighted by Crippen LogP contribution is 2.16. The zero-order valence-corrected chi connectivity index (χ0v) is 16.2. The summed E-state index contributed by atoms with van der Waals surface area (Å²) in [5.74, 6) is 0.115. The molecule has 0 aromatic heterocycles. The number of rotatable bonds is 6. The number of hydrogen-bond acceptors (Lipinski definition) is 5. The van der Waals surface area contributed by atoms with Crippen molar-refractivity contribution in [3.8, 4) is 11.5 Å². The minimum absolute atomic E-state index is 0.354. The molecule has 0 spiro atoms. The van der Waals surface area contributed by atoms with Gasteiger partial charge in [-0.3, -0.25) is 4.79 Å². The molecule has 3 rings (SSSR count). The lowest BCUT2D eigenvalue weighted by Gasteiger charge is -2.05. The van der Waals surface area contributed by atoms with Crippen molar-refractivity contribution in [1.29, 1.82) is 0 Å². The molecular formula is C22H17ClN2O4. The van der Waals surface area contributed by atoms with Gasteiger partial charge in [0.1, 0.15) is 11.5 Å². The first-order chi connectivity index (χ1) is 14.0. The number of hydrazone groups is 1. The monoisotopic (exact) mass is 408 g/mol. The molecule has 0 radical (unpaired) electrons. The minimum atomic E-state index is -0.500. The highest BCUT2D eigenvalue weighted by molar-refractivity contribution is 6.30. The second-order valence-electron chi connectivity index (χ2n) is 5.90. The molecule has 0 saturated carbocycles. The first kappa shape index (κ1) is 20.1. The summed E-state index contributed by atoms with van der Waals surface area (Å²) in [4.78, 5) is 24.2. The summed E-state index contributed by atoms with van der Waals surface area (Å²) in [6, 6.07) is 20.0. The lowest BCUT2D eigenvalue weighted by atomic mass is 10.2. The van der Waals surface area contributed by atoms with E-state index in [0.717, 1.165) is 5.56 Å². The molecule has 0 fully saturated rings. The number of nitrogens with one attached hydrogen (secondary N) is 1. The molecule has 0 aliphatic carbocycles. The third kappa shape index (κ3) is 5.67. The van der Waals surface area contributed by atoms with Crippen LogP contribution in [0.5, 0.6) is 11.5 Å². The van der Waals surface area contributed by atoms with Gasteiger partial charge >= 0.3 is 5.97 Å². The van der Waals surface area contributed by atoms with E-state index in [0.29, 0.717) is 27.6 Å². The number of amides is 1. The minimum Gasteiger partial charge on any atom is -0.497 e. The van der Waals surface area contributed by atoms with Crippen molar-refractivity contribution in [3.63, 3.8) is 0 Å².